The molecule has 0 aliphatic rings. The normalized spacial score (nSPS) is 10.6. The van der Waals surface area contributed by atoms with E-state index in [4.69, 9.17) is 29.6 Å². The van der Waals surface area contributed by atoms with Crippen molar-refractivity contribution in [3.63, 3.8) is 0 Å². The summed E-state index contributed by atoms with van der Waals surface area (Å²) in [6.45, 7) is 4.33. The molecule has 0 amide bonds. The maximum absolute atomic E-state index is 6.16. The van der Waals surface area contributed by atoms with Crippen molar-refractivity contribution in [3.05, 3.63) is 58.6 Å². The van der Waals surface area contributed by atoms with Crippen LogP contribution in [0.1, 0.15) is 30.9 Å². The van der Waals surface area contributed by atoms with E-state index in [9.17, 15) is 0 Å². The quantitative estimate of drug-likeness (QED) is 0.794. The number of hydrogen-bond donors (Lipinski definition) is 2. The number of rotatable bonds is 4. The molecule has 0 aromatic heterocycles. The van der Waals surface area contributed by atoms with Gasteiger partial charge in [-0.1, -0.05) is 55.9 Å². The van der Waals surface area contributed by atoms with Crippen LogP contribution in [0.15, 0.2) is 42.5 Å². The van der Waals surface area contributed by atoms with Crippen molar-refractivity contribution in [1.82, 2.24) is 0 Å². The maximum Gasteiger partial charge on any atom is 0.107 e. The van der Waals surface area contributed by atoms with Gasteiger partial charge in [0, 0.05) is 5.69 Å². The number of nitrogens with one attached hydrogen (secondary N) is 1. The van der Waals surface area contributed by atoms with Crippen LogP contribution in [0, 0.1) is 0 Å². The zero-order chi connectivity index (χ0) is 14.7. The molecule has 0 saturated carbocycles. The number of nitrogens with two attached hydrogens (primary N) is 1. The third-order valence-electron chi connectivity index (χ3n) is 3.09. The largest absolute Gasteiger partial charge is 0.389 e. The SMILES string of the molecule is CC(C)c1cccc(Nc2cccc(Cl)c2C(N)=S)c1. The molecule has 2 rings (SSSR count). The Hall–Kier alpha value is -1.58. The lowest BCUT2D eigenvalue weighted by atomic mass is 10.0. The minimum Gasteiger partial charge on any atom is -0.389 e. The van der Waals surface area contributed by atoms with Gasteiger partial charge in [-0.15, -0.1) is 0 Å². The van der Waals surface area contributed by atoms with E-state index in [0.29, 0.717) is 16.5 Å². The summed E-state index contributed by atoms with van der Waals surface area (Å²) in [5, 5.41) is 3.90. The van der Waals surface area contributed by atoms with Gasteiger partial charge in [0.2, 0.25) is 0 Å². The topological polar surface area (TPSA) is 38.0 Å². The van der Waals surface area contributed by atoms with E-state index in [1.54, 1.807) is 6.07 Å². The zero-order valence-electron chi connectivity index (χ0n) is 11.5. The summed E-state index contributed by atoms with van der Waals surface area (Å²) in [6, 6.07) is 13.9. The van der Waals surface area contributed by atoms with Gasteiger partial charge in [-0.25, -0.2) is 0 Å². The number of anilines is 2. The van der Waals surface area contributed by atoms with E-state index < -0.39 is 0 Å². The Bertz CT molecular complexity index is 638. The van der Waals surface area contributed by atoms with Gasteiger partial charge in [-0.05, 0) is 35.7 Å². The Morgan fingerprint density at radius 3 is 2.55 bits per heavy atom. The standard InChI is InChI=1S/C16H17ClN2S/c1-10(2)11-5-3-6-12(9-11)19-14-8-4-7-13(17)15(14)16(18)20/h3-10,19H,1-2H3,(H2,18,20). The molecule has 20 heavy (non-hydrogen) atoms. The van der Waals surface area contributed by atoms with Crippen molar-refractivity contribution in [3.8, 4) is 0 Å². The van der Waals surface area contributed by atoms with Crippen molar-refractivity contribution in [2.75, 3.05) is 5.32 Å². The average Bonchev–Trinajstić information content (AvgIpc) is 2.38. The minimum atomic E-state index is 0.290. The van der Waals surface area contributed by atoms with Crippen LogP contribution < -0.4 is 11.1 Å². The number of benzene rings is 2. The van der Waals surface area contributed by atoms with Crippen molar-refractivity contribution in [1.29, 1.82) is 0 Å². The summed E-state index contributed by atoms with van der Waals surface area (Å²) >= 11 is 11.2. The molecule has 2 nitrogen and oxygen atoms in total. The average molecular weight is 305 g/mol. The molecule has 0 spiro atoms. The van der Waals surface area contributed by atoms with Crippen LogP contribution in [0.4, 0.5) is 11.4 Å². The summed E-state index contributed by atoms with van der Waals surface area (Å²) < 4.78 is 0. The molecule has 0 fully saturated rings. The molecular weight excluding hydrogens is 288 g/mol. The van der Waals surface area contributed by atoms with Gasteiger partial charge in [-0.2, -0.15) is 0 Å². The second-order valence-electron chi connectivity index (χ2n) is 4.93. The highest BCUT2D eigenvalue weighted by Gasteiger charge is 2.10. The fourth-order valence-corrected chi connectivity index (χ4v) is 2.56. The van der Waals surface area contributed by atoms with E-state index in [0.717, 1.165) is 11.4 Å². The van der Waals surface area contributed by atoms with E-state index in [1.807, 2.05) is 24.3 Å². The minimum absolute atomic E-state index is 0.290. The van der Waals surface area contributed by atoms with Gasteiger partial charge in [0.25, 0.3) is 0 Å². The molecular formula is C16H17ClN2S. The fraction of sp³-hybridized carbons (Fsp3) is 0.188. The zero-order valence-corrected chi connectivity index (χ0v) is 13.1. The van der Waals surface area contributed by atoms with Gasteiger partial charge in [0.05, 0.1) is 16.3 Å². The second kappa shape index (κ2) is 6.25. The van der Waals surface area contributed by atoms with Gasteiger partial charge in [-0.3, -0.25) is 0 Å². The number of halogens is 1. The van der Waals surface area contributed by atoms with Crippen molar-refractivity contribution in [2.45, 2.75) is 19.8 Å². The molecule has 104 valence electrons. The van der Waals surface area contributed by atoms with Crippen molar-refractivity contribution >= 4 is 40.2 Å². The van der Waals surface area contributed by atoms with E-state index in [1.165, 1.54) is 5.56 Å². The van der Waals surface area contributed by atoms with E-state index in [-0.39, 0.29) is 4.99 Å². The third-order valence-corrected chi connectivity index (χ3v) is 3.61. The van der Waals surface area contributed by atoms with Crippen LogP contribution in [0.25, 0.3) is 0 Å². The number of thiocarbonyl (C=S) groups is 1. The van der Waals surface area contributed by atoms with Gasteiger partial charge in [0.15, 0.2) is 0 Å². The van der Waals surface area contributed by atoms with Crippen LogP contribution in [0.5, 0.6) is 0 Å². The van der Waals surface area contributed by atoms with Crippen LogP contribution >= 0.6 is 23.8 Å². The summed E-state index contributed by atoms with van der Waals surface area (Å²) in [5.41, 5.74) is 9.53. The number of hydrogen-bond acceptors (Lipinski definition) is 2. The Kier molecular flexibility index (Phi) is 4.63. The van der Waals surface area contributed by atoms with Gasteiger partial charge >= 0.3 is 0 Å². The molecule has 0 heterocycles. The summed E-state index contributed by atoms with van der Waals surface area (Å²) in [7, 11) is 0. The molecule has 0 aliphatic heterocycles. The fourth-order valence-electron chi connectivity index (χ4n) is 2.01. The van der Waals surface area contributed by atoms with E-state index in [2.05, 4.69) is 31.3 Å². The molecule has 2 aromatic rings. The predicted molar refractivity (Wildman–Crippen MR) is 91.2 cm³/mol. The lowest BCUT2D eigenvalue weighted by molar-refractivity contribution is 0.867. The first-order valence-electron chi connectivity index (χ1n) is 6.44. The summed E-state index contributed by atoms with van der Waals surface area (Å²) in [4.78, 5) is 0.290. The molecule has 0 saturated heterocycles. The summed E-state index contributed by atoms with van der Waals surface area (Å²) in [6.07, 6.45) is 0. The molecule has 0 unspecified atom stereocenters. The Labute approximate surface area is 130 Å². The maximum atomic E-state index is 6.16. The molecule has 2 aromatic carbocycles. The monoisotopic (exact) mass is 304 g/mol. The molecule has 0 aliphatic carbocycles. The first-order chi connectivity index (χ1) is 9.49. The molecule has 0 radical (unpaired) electrons. The molecule has 3 N–H and O–H groups in total. The smallest absolute Gasteiger partial charge is 0.107 e. The van der Waals surface area contributed by atoms with Crippen LogP contribution in [-0.2, 0) is 0 Å². The molecule has 0 bridgehead atoms. The van der Waals surface area contributed by atoms with Crippen molar-refractivity contribution < 1.29 is 0 Å². The molecule has 4 heteroatoms. The third kappa shape index (κ3) is 3.30. The highest BCUT2D eigenvalue weighted by Crippen LogP contribution is 2.28. The van der Waals surface area contributed by atoms with Gasteiger partial charge in [0.1, 0.15) is 4.99 Å². The lowest BCUT2D eigenvalue weighted by Crippen LogP contribution is -2.12. The van der Waals surface area contributed by atoms with E-state index >= 15 is 0 Å². The van der Waals surface area contributed by atoms with Crippen LogP contribution in [0.2, 0.25) is 5.02 Å². The highest BCUT2D eigenvalue weighted by atomic mass is 35.5. The van der Waals surface area contributed by atoms with Gasteiger partial charge < -0.3 is 11.1 Å². The summed E-state index contributed by atoms with van der Waals surface area (Å²) in [5.74, 6) is 0.478. The van der Waals surface area contributed by atoms with Crippen LogP contribution in [-0.4, -0.2) is 4.99 Å². The predicted octanol–water partition coefficient (Wildman–Crippen LogP) is 4.84. The first kappa shape index (κ1) is 14.8. The highest BCUT2D eigenvalue weighted by molar-refractivity contribution is 7.80. The second-order valence-corrected chi connectivity index (χ2v) is 5.78. The Morgan fingerprint density at radius 2 is 1.90 bits per heavy atom. The first-order valence-corrected chi connectivity index (χ1v) is 7.23. The van der Waals surface area contributed by atoms with Crippen molar-refractivity contribution in [2.24, 2.45) is 5.73 Å². The lowest BCUT2D eigenvalue weighted by Gasteiger charge is -2.14. The molecule has 0 atom stereocenters. The Balaban J connectivity index is 2.38. The Morgan fingerprint density at radius 1 is 1.20 bits per heavy atom. The van der Waals surface area contributed by atoms with Crippen LogP contribution in [0.3, 0.4) is 0 Å².